The van der Waals surface area contributed by atoms with E-state index in [0.29, 0.717) is 11.4 Å². The summed E-state index contributed by atoms with van der Waals surface area (Å²) in [5.41, 5.74) is 1.51. The zero-order valence-electron chi connectivity index (χ0n) is 16.1. The van der Waals surface area contributed by atoms with E-state index >= 15 is 0 Å². The highest BCUT2D eigenvalue weighted by Crippen LogP contribution is 2.31. The van der Waals surface area contributed by atoms with Gasteiger partial charge in [0.2, 0.25) is 0 Å². The first-order chi connectivity index (χ1) is 13.8. The van der Waals surface area contributed by atoms with E-state index in [4.69, 9.17) is 4.74 Å². The first kappa shape index (κ1) is 18.3. The fourth-order valence-electron chi connectivity index (χ4n) is 3.78. The summed E-state index contributed by atoms with van der Waals surface area (Å²) in [4.78, 5) is 19.8. The number of methoxy groups -OCH3 is 1. The largest absolute Gasteiger partial charge is 0.495 e. The Hall–Kier alpha value is -3.08. The molecule has 0 bridgehead atoms. The van der Waals surface area contributed by atoms with E-state index in [1.165, 1.54) is 12.8 Å². The van der Waals surface area contributed by atoms with Crippen LogP contribution < -0.4 is 10.1 Å². The third-order valence-electron chi connectivity index (χ3n) is 5.28. The lowest BCUT2D eigenvalue weighted by Gasteiger charge is -2.21. The Kier molecular flexibility index (Phi) is 5.42. The number of anilines is 2. The second kappa shape index (κ2) is 8.30. The molecule has 0 radical (unpaired) electrons. The molecule has 2 aromatic carbocycles. The van der Waals surface area contributed by atoms with Gasteiger partial charge < -0.3 is 15.0 Å². The van der Waals surface area contributed by atoms with E-state index in [9.17, 15) is 4.79 Å². The molecule has 1 amide bonds. The Morgan fingerprint density at radius 1 is 0.964 bits per heavy atom. The van der Waals surface area contributed by atoms with Gasteiger partial charge in [-0.2, -0.15) is 0 Å². The molecule has 0 spiro atoms. The van der Waals surface area contributed by atoms with Gasteiger partial charge in [-0.05, 0) is 30.4 Å². The Bertz CT molecular complexity index is 978. The molecule has 5 nitrogen and oxygen atoms in total. The summed E-state index contributed by atoms with van der Waals surface area (Å²) >= 11 is 0. The van der Waals surface area contributed by atoms with Gasteiger partial charge in [0.25, 0.3) is 5.91 Å². The van der Waals surface area contributed by atoms with E-state index in [2.05, 4.69) is 10.3 Å². The number of hydrogen-bond acceptors (Lipinski definition) is 4. The molecule has 3 aromatic rings. The number of carbonyl (C=O) groups excluding carboxylic acids is 1. The summed E-state index contributed by atoms with van der Waals surface area (Å²) < 4.78 is 5.43. The lowest BCUT2D eigenvalue weighted by molar-refractivity contribution is 0.0763. The quantitative estimate of drug-likeness (QED) is 0.697. The van der Waals surface area contributed by atoms with Crippen molar-refractivity contribution in [3.05, 3.63) is 60.3 Å². The van der Waals surface area contributed by atoms with Crippen LogP contribution in [0, 0.1) is 0 Å². The van der Waals surface area contributed by atoms with Gasteiger partial charge in [-0.15, -0.1) is 0 Å². The van der Waals surface area contributed by atoms with Crippen molar-refractivity contribution in [2.75, 3.05) is 25.5 Å². The third kappa shape index (κ3) is 3.65. The second-order valence-electron chi connectivity index (χ2n) is 7.10. The number of carbonyl (C=O) groups is 1. The molecule has 1 aliphatic rings. The summed E-state index contributed by atoms with van der Waals surface area (Å²) in [6.07, 6.45) is 6.25. The minimum absolute atomic E-state index is 0.0782. The molecule has 0 aliphatic carbocycles. The maximum atomic E-state index is 13.2. The predicted octanol–water partition coefficient (Wildman–Crippen LogP) is 5.00. The van der Waals surface area contributed by atoms with Crippen molar-refractivity contribution in [2.24, 2.45) is 0 Å². The van der Waals surface area contributed by atoms with Gasteiger partial charge in [0, 0.05) is 24.7 Å². The number of nitrogens with one attached hydrogen (secondary N) is 1. The summed E-state index contributed by atoms with van der Waals surface area (Å²) in [5.74, 6) is 1.54. The minimum Gasteiger partial charge on any atom is -0.495 e. The number of amides is 1. The van der Waals surface area contributed by atoms with E-state index in [-0.39, 0.29) is 5.91 Å². The Morgan fingerprint density at radius 3 is 2.39 bits per heavy atom. The van der Waals surface area contributed by atoms with E-state index in [1.807, 2.05) is 53.4 Å². The molecule has 1 N–H and O–H groups in total. The fraction of sp³-hybridized carbons (Fsp3) is 0.304. The Labute approximate surface area is 165 Å². The van der Waals surface area contributed by atoms with E-state index in [0.717, 1.165) is 48.1 Å². The zero-order chi connectivity index (χ0) is 19.3. The standard InChI is InChI=1S/C23H25N3O2/c1-28-21-13-7-6-12-20(21)25-22-18-11-5-4-10-17(18)19(16-24-22)23(27)26-14-8-2-3-9-15-26/h4-7,10-13,16H,2-3,8-9,14-15H2,1H3,(H,24,25). The second-order valence-corrected chi connectivity index (χ2v) is 7.10. The van der Waals surface area contributed by atoms with E-state index in [1.54, 1.807) is 13.3 Å². The molecule has 1 aromatic heterocycles. The predicted molar refractivity (Wildman–Crippen MR) is 112 cm³/mol. The number of pyridine rings is 1. The van der Waals surface area contributed by atoms with Crippen molar-refractivity contribution < 1.29 is 9.53 Å². The maximum Gasteiger partial charge on any atom is 0.256 e. The summed E-state index contributed by atoms with van der Waals surface area (Å²) in [6.45, 7) is 1.66. The first-order valence-electron chi connectivity index (χ1n) is 9.85. The number of ether oxygens (including phenoxy) is 1. The van der Waals surface area contributed by atoms with Crippen LogP contribution in [0.2, 0.25) is 0 Å². The van der Waals surface area contributed by atoms with Gasteiger partial charge in [-0.1, -0.05) is 49.2 Å². The first-order valence-corrected chi connectivity index (χ1v) is 9.85. The summed E-state index contributed by atoms with van der Waals surface area (Å²) in [7, 11) is 1.65. The lowest BCUT2D eigenvalue weighted by Crippen LogP contribution is -2.32. The van der Waals surface area contributed by atoms with Gasteiger partial charge in [-0.25, -0.2) is 4.98 Å². The highest BCUT2D eigenvalue weighted by molar-refractivity contribution is 6.09. The number of nitrogens with zero attached hydrogens (tertiary/aromatic N) is 2. The van der Waals surface area contributed by atoms with Gasteiger partial charge in [0.05, 0.1) is 18.4 Å². The molecule has 1 saturated heterocycles. The SMILES string of the molecule is COc1ccccc1Nc1ncc(C(=O)N2CCCCCC2)c2ccccc12. The van der Waals surface area contributed by atoms with Crippen molar-refractivity contribution in [1.82, 2.24) is 9.88 Å². The van der Waals surface area contributed by atoms with Crippen LogP contribution in [0.1, 0.15) is 36.0 Å². The average Bonchev–Trinajstić information content (AvgIpc) is 3.03. The summed E-state index contributed by atoms with van der Waals surface area (Å²) in [6, 6.07) is 15.7. The highest BCUT2D eigenvalue weighted by Gasteiger charge is 2.21. The maximum absolute atomic E-state index is 13.2. The van der Waals surface area contributed by atoms with Crippen LogP contribution in [-0.2, 0) is 0 Å². The van der Waals surface area contributed by atoms with Crippen molar-refractivity contribution in [3.8, 4) is 5.75 Å². The fourth-order valence-corrected chi connectivity index (χ4v) is 3.78. The van der Waals surface area contributed by atoms with Gasteiger partial charge >= 0.3 is 0 Å². The molecule has 0 saturated carbocycles. The molecule has 4 rings (SSSR count). The third-order valence-corrected chi connectivity index (χ3v) is 5.28. The van der Waals surface area contributed by atoms with Crippen LogP contribution in [0.5, 0.6) is 5.75 Å². The molecule has 0 unspecified atom stereocenters. The molecule has 1 aliphatic heterocycles. The number of benzene rings is 2. The van der Waals surface area contributed by atoms with Gasteiger partial charge in [-0.3, -0.25) is 4.79 Å². The highest BCUT2D eigenvalue weighted by atomic mass is 16.5. The van der Waals surface area contributed by atoms with Crippen LogP contribution >= 0.6 is 0 Å². The molecule has 144 valence electrons. The number of aromatic nitrogens is 1. The van der Waals surface area contributed by atoms with Crippen LogP contribution in [0.4, 0.5) is 11.5 Å². The van der Waals surface area contributed by atoms with Crippen molar-refractivity contribution in [3.63, 3.8) is 0 Å². The lowest BCUT2D eigenvalue weighted by atomic mass is 10.1. The monoisotopic (exact) mass is 375 g/mol. The molecule has 1 fully saturated rings. The van der Waals surface area contributed by atoms with Crippen LogP contribution in [0.15, 0.2) is 54.7 Å². The molecular weight excluding hydrogens is 350 g/mol. The summed E-state index contributed by atoms with van der Waals surface area (Å²) in [5, 5.41) is 5.21. The molecular formula is C23H25N3O2. The van der Waals surface area contributed by atoms with Crippen molar-refractivity contribution >= 4 is 28.2 Å². The minimum atomic E-state index is 0.0782. The normalized spacial score (nSPS) is 14.5. The van der Waals surface area contributed by atoms with Crippen LogP contribution in [-0.4, -0.2) is 36.0 Å². The number of fused-ring (bicyclic) bond motifs is 1. The Balaban J connectivity index is 1.71. The number of para-hydroxylation sites is 2. The Morgan fingerprint density at radius 2 is 1.64 bits per heavy atom. The molecule has 2 heterocycles. The zero-order valence-corrected chi connectivity index (χ0v) is 16.1. The number of likely N-dealkylation sites (tertiary alicyclic amines) is 1. The van der Waals surface area contributed by atoms with Crippen molar-refractivity contribution in [1.29, 1.82) is 0 Å². The van der Waals surface area contributed by atoms with Crippen molar-refractivity contribution in [2.45, 2.75) is 25.7 Å². The number of rotatable bonds is 4. The van der Waals surface area contributed by atoms with Gasteiger partial charge in [0.15, 0.2) is 0 Å². The molecule has 5 heteroatoms. The number of hydrogen-bond donors (Lipinski definition) is 1. The molecule has 0 atom stereocenters. The topological polar surface area (TPSA) is 54.5 Å². The van der Waals surface area contributed by atoms with Crippen LogP contribution in [0.3, 0.4) is 0 Å². The average molecular weight is 375 g/mol. The van der Waals surface area contributed by atoms with Gasteiger partial charge in [0.1, 0.15) is 11.6 Å². The molecule has 28 heavy (non-hydrogen) atoms. The van der Waals surface area contributed by atoms with Crippen LogP contribution in [0.25, 0.3) is 10.8 Å². The van der Waals surface area contributed by atoms with E-state index < -0.39 is 0 Å². The smallest absolute Gasteiger partial charge is 0.256 e.